The summed E-state index contributed by atoms with van der Waals surface area (Å²) in [6, 6.07) is 4.83. The highest BCUT2D eigenvalue weighted by molar-refractivity contribution is 6.36. The Labute approximate surface area is 156 Å². The normalized spacial score (nSPS) is 34.4. The molecule has 3 rings (SSSR count). The van der Waals surface area contributed by atoms with Crippen LogP contribution in [0.2, 0.25) is 10.0 Å². The van der Waals surface area contributed by atoms with Gasteiger partial charge < -0.3 is 5.32 Å². The molecule has 2 aliphatic rings. The molecule has 1 aromatic carbocycles. The highest BCUT2D eigenvalue weighted by Gasteiger charge is 2.60. The molecule has 1 heterocycles. The van der Waals surface area contributed by atoms with Crippen molar-refractivity contribution in [1.82, 2.24) is 5.32 Å². The van der Waals surface area contributed by atoms with Gasteiger partial charge in [0, 0.05) is 21.3 Å². The fourth-order valence-corrected chi connectivity index (χ4v) is 4.98. The summed E-state index contributed by atoms with van der Waals surface area (Å²) in [5, 5.41) is 6.10. The van der Waals surface area contributed by atoms with Gasteiger partial charge in [0.2, 0.25) is 17.7 Å². The fourth-order valence-electron chi connectivity index (χ4n) is 4.52. The first-order valence-electron chi connectivity index (χ1n) is 8.10. The summed E-state index contributed by atoms with van der Waals surface area (Å²) in [7, 11) is 0. The van der Waals surface area contributed by atoms with Crippen molar-refractivity contribution < 1.29 is 14.4 Å². The Morgan fingerprint density at radius 1 is 1.04 bits per heavy atom. The van der Waals surface area contributed by atoms with E-state index in [0.29, 0.717) is 35.0 Å². The van der Waals surface area contributed by atoms with Gasteiger partial charge in [0.15, 0.2) is 0 Å². The zero-order valence-corrected chi connectivity index (χ0v) is 15.8. The lowest BCUT2D eigenvalue weighted by Crippen LogP contribution is -2.63. The van der Waals surface area contributed by atoms with E-state index in [1.165, 1.54) is 0 Å². The number of piperidine rings is 1. The van der Waals surface area contributed by atoms with Gasteiger partial charge >= 0.3 is 0 Å². The SMILES string of the molecule is CC12CC(C)(CC(C)(C(=O)Nc3ccc(Cl)cc3Cl)C1)C(=O)NC2=O. The molecule has 2 unspecified atom stereocenters. The molecule has 2 atom stereocenters. The molecule has 25 heavy (non-hydrogen) atoms. The average Bonchev–Trinajstić information content (AvgIpc) is 2.47. The van der Waals surface area contributed by atoms with Crippen LogP contribution >= 0.6 is 23.2 Å². The molecule has 2 fully saturated rings. The van der Waals surface area contributed by atoms with E-state index >= 15 is 0 Å². The van der Waals surface area contributed by atoms with Crippen LogP contribution in [0.25, 0.3) is 0 Å². The van der Waals surface area contributed by atoms with E-state index in [1.54, 1.807) is 25.1 Å². The maximum Gasteiger partial charge on any atom is 0.232 e. The summed E-state index contributed by atoms with van der Waals surface area (Å²) in [5.74, 6) is -0.868. The molecule has 0 aromatic heterocycles. The second kappa shape index (κ2) is 5.71. The third kappa shape index (κ3) is 3.04. The molecule has 0 spiro atoms. The number of rotatable bonds is 2. The highest BCUT2D eigenvalue weighted by atomic mass is 35.5. The van der Waals surface area contributed by atoms with Crippen molar-refractivity contribution in [2.45, 2.75) is 40.0 Å². The summed E-state index contributed by atoms with van der Waals surface area (Å²) >= 11 is 12.0. The number of amides is 3. The van der Waals surface area contributed by atoms with E-state index in [4.69, 9.17) is 23.2 Å². The zero-order valence-electron chi connectivity index (χ0n) is 14.3. The number of carbonyl (C=O) groups excluding carboxylic acids is 3. The molecule has 1 aliphatic carbocycles. The summed E-state index contributed by atoms with van der Waals surface area (Å²) < 4.78 is 0. The number of carbonyl (C=O) groups is 3. The minimum atomic E-state index is -0.863. The predicted molar refractivity (Wildman–Crippen MR) is 96.4 cm³/mol. The molecule has 134 valence electrons. The first-order valence-corrected chi connectivity index (χ1v) is 8.86. The first-order chi connectivity index (χ1) is 11.5. The molecule has 1 aliphatic heterocycles. The maximum atomic E-state index is 13.0. The van der Waals surface area contributed by atoms with Crippen LogP contribution in [0.3, 0.4) is 0 Å². The molecule has 1 saturated heterocycles. The van der Waals surface area contributed by atoms with Crippen LogP contribution in [0.1, 0.15) is 40.0 Å². The topological polar surface area (TPSA) is 75.3 Å². The number of benzene rings is 1. The second-order valence-electron chi connectivity index (χ2n) is 8.07. The van der Waals surface area contributed by atoms with Crippen LogP contribution in [0.15, 0.2) is 18.2 Å². The maximum absolute atomic E-state index is 13.0. The number of hydrogen-bond acceptors (Lipinski definition) is 3. The Balaban J connectivity index is 1.91. The smallest absolute Gasteiger partial charge is 0.232 e. The van der Waals surface area contributed by atoms with E-state index in [0.717, 1.165) is 0 Å². The number of imide groups is 1. The van der Waals surface area contributed by atoms with Gasteiger partial charge in [-0.15, -0.1) is 0 Å². The Hall–Kier alpha value is -1.59. The largest absolute Gasteiger partial charge is 0.324 e. The Morgan fingerprint density at radius 2 is 1.60 bits per heavy atom. The van der Waals surface area contributed by atoms with E-state index in [9.17, 15) is 14.4 Å². The number of halogens is 2. The highest BCUT2D eigenvalue weighted by Crippen LogP contribution is 2.56. The molecule has 7 heteroatoms. The van der Waals surface area contributed by atoms with Crippen molar-refractivity contribution in [3.63, 3.8) is 0 Å². The van der Waals surface area contributed by atoms with Crippen molar-refractivity contribution in [2.75, 3.05) is 5.32 Å². The van der Waals surface area contributed by atoms with Crippen LogP contribution in [0.4, 0.5) is 5.69 Å². The molecule has 2 N–H and O–H groups in total. The van der Waals surface area contributed by atoms with E-state index < -0.39 is 16.2 Å². The molecule has 3 amide bonds. The van der Waals surface area contributed by atoms with Gasteiger partial charge in [-0.25, -0.2) is 0 Å². The minimum Gasteiger partial charge on any atom is -0.324 e. The van der Waals surface area contributed by atoms with Gasteiger partial charge in [0.25, 0.3) is 0 Å². The molecular weight excluding hydrogens is 363 g/mol. The second-order valence-corrected chi connectivity index (χ2v) is 8.92. The van der Waals surface area contributed by atoms with E-state index in [-0.39, 0.29) is 17.7 Å². The van der Waals surface area contributed by atoms with Gasteiger partial charge in [-0.05, 0) is 37.5 Å². The lowest BCUT2D eigenvalue weighted by molar-refractivity contribution is -0.163. The van der Waals surface area contributed by atoms with Crippen molar-refractivity contribution in [2.24, 2.45) is 16.2 Å². The monoisotopic (exact) mass is 382 g/mol. The van der Waals surface area contributed by atoms with Gasteiger partial charge in [0.05, 0.1) is 10.7 Å². The quantitative estimate of drug-likeness (QED) is 0.763. The van der Waals surface area contributed by atoms with E-state index in [1.807, 2.05) is 13.8 Å². The van der Waals surface area contributed by atoms with Crippen molar-refractivity contribution >= 4 is 46.6 Å². The predicted octanol–water partition coefficient (Wildman–Crippen LogP) is 3.79. The zero-order chi connectivity index (χ0) is 18.6. The van der Waals surface area contributed by atoms with Gasteiger partial charge in [-0.3, -0.25) is 19.7 Å². The summed E-state index contributed by atoms with van der Waals surface area (Å²) in [4.78, 5) is 37.7. The van der Waals surface area contributed by atoms with Crippen LogP contribution in [-0.4, -0.2) is 17.7 Å². The molecule has 1 aromatic rings. The van der Waals surface area contributed by atoms with Crippen molar-refractivity contribution in [3.8, 4) is 0 Å². The average molecular weight is 383 g/mol. The number of fused-ring (bicyclic) bond motifs is 2. The molecule has 5 nitrogen and oxygen atoms in total. The third-order valence-electron chi connectivity index (χ3n) is 5.39. The minimum absolute atomic E-state index is 0.253. The van der Waals surface area contributed by atoms with Crippen molar-refractivity contribution in [1.29, 1.82) is 0 Å². The Kier molecular flexibility index (Phi) is 4.16. The van der Waals surface area contributed by atoms with E-state index in [2.05, 4.69) is 10.6 Å². The lowest BCUT2D eigenvalue weighted by atomic mass is 9.52. The summed E-state index contributed by atoms with van der Waals surface area (Å²) in [6.07, 6.45) is 1.19. The number of hydrogen-bond donors (Lipinski definition) is 2. The van der Waals surface area contributed by atoms with Crippen LogP contribution in [0, 0.1) is 16.2 Å². The fraction of sp³-hybridized carbons (Fsp3) is 0.500. The van der Waals surface area contributed by atoms with Crippen LogP contribution < -0.4 is 10.6 Å². The Bertz CT molecular complexity index is 767. The van der Waals surface area contributed by atoms with Gasteiger partial charge in [0.1, 0.15) is 0 Å². The molecule has 0 radical (unpaired) electrons. The third-order valence-corrected chi connectivity index (χ3v) is 5.94. The van der Waals surface area contributed by atoms with Gasteiger partial charge in [-0.2, -0.15) is 0 Å². The molecular formula is C18H20Cl2N2O3. The van der Waals surface area contributed by atoms with Crippen molar-refractivity contribution in [3.05, 3.63) is 28.2 Å². The summed E-state index contributed by atoms with van der Waals surface area (Å²) in [5.41, 5.74) is -1.91. The van der Waals surface area contributed by atoms with Crippen LogP contribution in [-0.2, 0) is 14.4 Å². The molecule has 1 saturated carbocycles. The first kappa shape index (κ1) is 18.2. The number of nitrogens with one attached hydrogen (secondary N) is 2. The summed E-state index contributed by atoms with van der Waals surface area (Å²) in [6.45, 7) is 5.42. The molecule has 2 bridgehead atoms. The van der Waals surface area contributed by atoms with Crippen LogP contribution in [0.5, 0.6) is 0 Å². The number of anilines is 1. The standard InChI is InChI=1S/C18H20Cl2N2O3/c1-16(13(23)21-12-5-4-10(19)6-11(12)20)7-17(2)9-18(3,8-16)15(25)22-14(17)24/h4-6H,7-9H2,1-3H3,(H,21,23)(H,22,24,25). The lowest BCUT2D eigenvalue weighted by Gasteiger charge is -2.53. The Morgan fingerprint density at radius 3 is 2.12 bits per heavy atom. The van der Waals surface area contributed by atoms with Gasteiger partial charge in [-0.1, -0.05) is 44.0 Å².